The molecule has 3 heterocycles. The zero-order chi connectivity index (χ0) is 33.0. The van der Waals surface area contributed by atoms with E-state index in [1.54, 1.807) is 12.5 Å². The van der Waals surface area contributed by atoms with Crippen molar-refractivity contribution in [3.05, 3.63) is 182 Å². The van der Waals surface area contributed by atoms with Crippen LogP contribution in [0.1, 0.15) is 5.69 Å². The number of aryl methyl sites for hydroxylation is 1. The quantitative estimate of drug-likeness (QED) is 0.176. The van der Waals surface area contributed by atoms with E-state index in [1.165, 1.54) is 0 Å². The van der Waals surface area contributed by atoms with Crippen molar-refractivity contribution >= 4 is 0 Å². The van der Waals surface area contributed by atoms with Crippen LogP contribution in [0.2, 0.25) is 0 Å². The minimum Gasteiger partial charge on any atom is -0.261 e. The van der Waals surface area contributed by atoms with Gasteiger partial charge in [-0.05, 0) is 88.3 Å². The Morgan fingerprint density at radius 1 is 0.347 bits per heavy atom. The van der Waals surface area contributed by atoms with Crippen molar-refractivity contribution in [2.45, 2.75) is 6.92 Å². The van der Waals surface area contributed by atoms with Crippen LogP contribution in [-0.2, 0) is 0 Å². The van der Waals surface area contributed by atoms with E-state index in [0.29, 0.717) is 0 Å². The van der Waals surface area contributed by atoms with Gasteiger partial charge in [-0.25, -0.2) is 15.0 Å². The highest BCUT2D eigenvalue weighted by Crippen LogP contribution is 2.37. The first-order valence-electron chi connectivity index (χ1n) is 16.3. The summed E-state index contributed by atoms with van der Waals surface area (Å²) in [5.74, 6) is 0. The van der Waals surface area contributed by atoms with E-state index in [4.69, 9.17) is 4.98 Å². The van der Waals surface area contributed by atoms with Crippen molar-refractivity contribution < 1.29 is 0 Å². The highest BCUT2D eigenvalue weighted by Gasteiger charge is 2.13. The zero-order valence-corrected chi connectivity index (χ0v) is 27.0. The fourth-order valence-electron chi connectivity index (χ4n) is 6.13. The summed E-state index contributed by atoms with van der Waals surface area (Å²) in [5, 5.41) is 0. The SMILES string of the molecule is Cc1ccc(-c2ccc(-c3cc(-c4ccc(-c5ccncn5)cc4)cc(-c4cc(-c5ccccc5)nc(-c5ccccc5)c4)c3)cc2)cn1. The Kier molecular flexibility index (Phi) is 8.11. The largest absolute Gasteiger partial charge is 0.261 e. The van der Waals surface area contributed by atoms with Gasteiger partial charge in [-0.15, -0.1) is 0 Å². The number of pyridine rings is 2. The predicted octanol–water partition coefficient (Wildman–Crippen LogP) is 11.2. The molecule has 3 aromatic heterocycles. The smallest absolute Gasteiger partial charge is 0.116 e. The van der Waals surface area contributed by atoms with Gasteiger partial charge < -0.3 is 0 Å². The normalized spacial score (nSPS) is 11.0. The van der Waals surface area contributed by atoms with Gasteiger partial charge >= 0.3 is 0 Å². The Morgan fingerprint density at radius 3 is 1.29 bits per heavy atom. The molecule has 0 spiro atoms. The maximum Gasteiger partial charge on any atom is 0.116 e. The van der Waals surface area contributed by atoms with Gasteiger partial charge in [0.2, 0.25) is 0 Å². The van der Waals surface area contributed by atoms with E-state index in [-0.39, 0.29) is 0 Å². The molecule has 49 heavy (non-hydrogen) atoms. The standard InChI is InChI=1S/C45H32N4/c1-31-12-13-38(29-47-31)32-14-16-33(17-15-32)39-24-40(34-18-20-37(21-19-34)43-22-23-46-30-48-43)26-41(25-39)42-27-44(35-8-4-2-5-9-35)49-45(28-42)36-10-6-3-7-11-36/h2-30H,1H3. The summed E-state index contributed by atoms with van der Waals surface area (Å²) in [4.78, 5) is 18.1. The summed E-state index contributed by atoms with van der Waals surface area (Å²) in [6.07, 6.45) is 5.29. The fraction of sp³-hybridized carbons (Fsp3) is 0.0222. The average Bonchev–Trinajstić information content (AvgIpc) is 3.19. The van der Waals surface area contributed by atoms with Crippen LogP contribution in [0, 0.1) is 6.92 Å². The third-order valence-corrected chi connectivity index (χ3v) is 8.79. The van der Waals surface area contributed by atoms with Gasteiger partial charge in [0.25, 0.3) is 0 Å². The van der Waals surface area contributed by atoms with Crippen molar-refractivity contribution in [2.24, 2.45) is 0 Å². The van der Waals surface area contributed by atoms with E-state index >= 15 is 0 Å². The molecule has 5 aromatic carbocycles. The second kappa shape index (κ2) is 13.3. The first kappa shape index (κ1) is 29.9. The number of nitrogens with zero attached hydrogens (tertiary/aromatic N) is 4. The van der Waals surface area contributed by atoms with Crippen LogP contribution in [0.3, 0.4) is 0 Å². The van der Waals surface area contributed by atoms with Crippen molar-refractivity contribution in [3.8, 4) is 78.3 Å². The number of benzene rings is 5. The molecule has 0 bridgehead atoms. The predicted molar refractivity (Wildman–Crippen MR) is 200 cm³/mol. The lowest BCUT2D eigenvalue weighted by Gasteiger charge is -2.14. The summed E-state index contributed by atoms with van der Waals surface area (Å²) >= 11 is 0. The van der Waals surface area contributed by atoms with Crippen molar-refractivity contribution in [2.75, 3.05) is 0 Å². The van der Waals surface area contributed by atoms with Gasteiger partial charge in [-0.1, -0.05) is 115 Å². The van der Waals surface area contributed by atoms with Crippen LogP contribution in [0.15, 0.2) is 176 Å². The number of rotatable bonds is 7. The molecule has 8 aromatic rings. The van der Waals surface area contributed by atoms with E-state index in [0.717, 1.165) is 84.0 Å². The number of hydrogen-bond donors (Lipinski definition) is 0. The Balaban J connectivity index is 1.27. The molecular formula is C45H32N4. The lowest BCUT2D eigenvalue weighted by Crippen LogP contribution is -1.92. The van der Waals surface area contributed by atoms with Gasteiger partial charge in [0.05, 0.1) is 17.1 Å². The van der Waals surface area contributed by atoms with Crippen LogP contribution in [0.4, 0.5) is 0 Å². The van der Waals surface area contributed by atoms with Gasteiger partial charge in [-0.2, -0.15) is 0 Å². The molecule has 4 heteroatoms. The highest BCUT2D eigenvalue weighted by atomic mass is 14.8. The van der Waals surface area contributed by atoms with Crippen molar-refractivity contribution in [1.82, 2.24) is 19.9 Å². The van der Waals surface area contributed by atoms with Crippen LogP contribution in [-0.4, -0.2) is 19.9 Å². The first-order chi connectivity index (χ1) is 24.2. The minimum atomic E-state index is 0.901. The lowest BCUT2D eigenvalue weighted by molar-refractivity contribution is 1.17. The lowest BCUT2D eigenvalue weighted by atomic mass is 9.91. The molecule has 4 nitrogen and oxygen atoms in total. The molecule has 0 saturated carbocycles. The molecular weight excluding hydrogens is 597 g/mol. The van der Waals surface area contributed by atoms with Crippen LogP contribution < -0.4 is 0 Å². The van der Waals surface area contributed by atoms with Gasteiger partial charge in [0, 0.05) is 40.3 Å². The van der Waals surface area contributed by atoms with Gasteiger partial charge in [0.1, 0.15) is 6.33 Å². The van der Waals surface area contributed by atoms with E-state index < -0.39 is 0 Å². The Labute approximate surface area is 286 Å². The molecule has 0 fully saturated rings. The molecule has 0 atom stereocenters. The monoisotopic (exact) mass is 628 g/mol. The van der Waals surface area contributed by atoms with Crippen LogP contribution in [0.5, 0.6) is 0 Å². The molecule has 0 aliphatic heterocycles. The Hall–Kier alpha value is -6.52. The third kappa shape index (κ3) is 6.53. The molecule has 0 saturated heterocycles. The summed E-state index contributed by atoms with van der Waals surface area (Å²) in [7, 11) is 0. The summed E-state index contributed by atoms with van der Waals surface area (Å²) in [6, 6.07) is 55.5. The molecule has 0 unspecified atom stereocenters. The molecule has 232 valence electrons. The molecule has 0 amide bonds. The van der Waals surface area contributed by atoms with Crippen molar-refractivity contribution in [3.63, 3.8) is 0 Å². The van der Waals surface area contributed by atoms with E-state index in [1.807, 2.05) is 31.3 Å². The van der Waals surface area contributed by atoms with Crippen LogP contribution >= 0.6 is 0 Å². The topological polar surface area (TPSA) is 51.6 Å². The second-order valence-corrected chi connectivity index (χ2v) is 12.1. The molecule has 0 N–H and O–H groups in total. The van der Waals surface area contributed by atoms with Crippen molar-refractivity contribution in [1.29, 1.82) is 0 Å². The maximum absolute atomic E-state index is 5.13. The molecule has 0 aliphatic rings. The minimum absolute atomic E-state index is 0.901. The zero-order valence-electron chi connectivity index (χ0n) is 27.0. The maximum atomic E-state index is 5.13. The Bertz CT molecular complexity index is 2280. The van der Waals surface area contributed by atoms with E-state index in [9.17, 15) is 0 Å². The number of hydrogen-bond acceptors (Lipinski definition) is 4. The summed E-state index contributed by atoms with van der Waals surface area (Å²) < 4.78 is 0. The fourth-order valence-corrected chi connectivity index (χ4v) is 6.13. The van der Waals surface area contributed by atoms with Gasteiger partial charge in [0.15, 0.2) is 0 Å². The average molecular weight is 629 g/mol. The Morgan fingerprint density at radius 2 is 0.796 bits per heavy atom. The van der Waals surface area contributed by atoms with Crippen LogP contribution in [0.25, 0.3) is 78.3 Å². The molecule has 8 rings (SSSR count). The second-order valence-electron chi connectivity index (χ2n) is 12.1. The first-order valence-corrected chi connectivity index (χ1v) is 16.3. The molecule has 0 radical (unpaired) electrons. The van der Waals surface area contributed by atoms with E-state index in [2.05, 4.69) is 154 Å². The summed E-state index contributed by atoms with van der Waals surface area (Å²) in [6.45, 7) is 2.01. The third-order valence-electron chi connectivity index (χ3n) is 8.79. The molecule has 0 aliphatic carbocycles. The highest BCUT2D eigenvalue weighted by molar-refractivity contribution is 5.85. The summed E-state index contributed by atoms with van der Waals surface area (Å²) in [5.41, 5.74) is 16.0. The van der Waals surface area contributed by atoms with Gasteiger partial charge in [-0.3, -0.25) is 4.98 Å². The number of aromatic nitrogens is 4.